The van der Waals surface area contributed by atoms with E-state index in [0.29, 0.717) is 19.4 Å². The molecule has 1 fully saturated rings. The van der Waals surface area contributed by atoms with Crippen molar-refractivity contribution < 1.29 is 14.4 Å². The number of carbonyl (C=O) groups excluding carboxylic acids is 3. The van der Waals surface area contributed by atoms with Gasteiger partial charge in [0.25, 0.3) is 0 Å². The largest absolute Gasteiger partial charge is 0.300 e. The summed E-state index contributed by atoms with van der Waals surface area (Å²) in [7, 11) is 0. The van der Waals surface area contributed by atoms with Crippen LogP contribution in [0, 0.1) is 0 Å². The smallest absolute Gasteiger partial charge is 0.246 e. The molecule has 0 saturated carbocycles. The number of carbonyl (C=O) groups is 3. The third kappa shape index (κ3) is 2.88. The van der Waals surface area contributed by atoms with Crippen LogP contribution in [-0.4, -0.2) is 41.1 Å². The Kier molecular flexibility index (Phi) is 3.80. The van der Waals surface area contributed by atoms with Crippen LogP contribution >= 0.6 is 0 Å². The van der Waals surface area contributed by atoms with Crippen molar-refractivity contribution in [3.05, 3.63) is 0 Å². The Balaban J connectivity index is 2.58. The van der Waals surface area contributed by atoms with Gasteiger partial charge >= 0.3 is 0 Å². The molecular weight excluding hydrogens is 208 g/mol. The molecule has 0 aliphatic carbocycles. The lowest BCUT2D eigenvalue weighted by molar-refractivity contribution is -0.145. The number of imide groups is 1. The Morgan fingerprint density at radius 3 is 2.62 bits per heavy atom. The normalized spacial score (nSPS) is 20.7. The number of ketones is 1. The van der Waals surface area contributed by atoms with Crippen molar-refractivity contribution in [2.45, 2.75) is 39.2 Å². The third-order valence-corrected chi connectivity index (χ3v) is 2.89. The summed E-state index contributed by atoms with van der Waals surface area (Å²) >= 11 is 0. The molecule has 0 radical (unpaired) electrons. The summed E-state index contributed by atoms with van der Waals surface area (Å²) in [5.74, 6) is -0.413. The summed E-state index contributed by atoms with van der Waals surface area (Å²) < 4.78 is 0. The van der Waals surface area contributed by atoms with E-state index in [2.05, 4.69) is 5.32 Å². The van der Waals surface area contributed by atoms with Crippen LogP contribution < -0.4 is 5.32 Å². The molecule has 0 bridgehead atoms. The Hall–Kier alpha value is -1.23. The zero-order chi connectivity index (χ0) is 12.3. The number of nitrogens with one attached hydrogen (secondary N) is 1. The van der Waals surface area contributed by atoms with Crippen LogP contribution in [0.25, 0.3) is 0 Å². The lowest BCUT2D eigenvalue weighted by atomic mass is 9.98. The van der Waals surface area contributed by atoms with Gasteiger partial charge in [-0.1, -0.05) is 0 Å². The van der Waals surface area contributed by atoms with Crippen molar-refractivity contribution in [2.24, 2.45) is 0 Å². The SMILES string of the molecule is CC(=O)CCCN1CC(=O)NC(=O)C1(C)C. The average Bonchev–Trinajstić information content (AvgIpc) is 2.13. The van der Waals surface area contributed by atoms with E-state index >= 15 is 0 Å². The van der Waals surface area contributed by atoms with Crippen molar-refractivity contribution in [2.75, 3.05) is 13.1 Å². The molecule has 2 amide bonds. The predicted octanol–water partition coefficient (Wildman–Crippen LogP) is 0.0926. The van der Waals surface area contributed by atoms with Crippen LogP contribution in [0.2, 0.25) is 0 Å². The second-order valence-corrected chi connectivity index (χ2v) is 4.66. The molecule has 16 heavy (non-hydrogen) atoms. The molecule has 1 rings (SSSR count). The summed E-state index contributed by atoms with van der Waals surface area (Å²) in [5.41, 5.74) is -0.676. The van der Waals surface area contributed by atoms with Crippen LogP contribution in [0.5, 0.6) is 0 Å². The van der Waals surface area contributed by atoms with Gasteiger partial charge in [0.1, 0.15) is 5.78 Å². The molecule has 1 aliphatic rings. The number of piperazine rings is 1. The van der Waals surface area contributed by atoms with Gasteiger partial charge in [-0.3, -0.25) is 19.8 Å². The summed E-state index contributed by atoms with van der Waals surface area (Å²) in [6, 6.07) is 0. The van der Waals surface area contributed by atoms with Gasteiger partial charge in [-0.05, 0) is 27.2 Å². The molecule has 0 spiro atoms. The maximum absolute atomic E-state index is 11.6. The first-order chi connectivity index (χ1) is 7.34. The van der Waals surface area contributed by atoms with E-state index in [1.807, 2.05) is 4.90 Å². The van der Waals surface area contributed by atoms with E-state index in [9.17, 15) is 14.4 Å². The second kappa shape index (κ2) is 4.74. The molecule has 1 heterocycles. The van der Waals surface area contributed by atoms with Crippen LogP contribution in [0.1, 0.15) is 33.6 Å². The quantitative estimate of drug-likeness (QED) is 0.690. The zero-order valence-corrected chi connectivity index (χ0v) is 10.0. The standard InChI is InChI=1S/C11H18N2O3/c1-8(14)5-4-6-13-7-9(15)12-10(16)11(13,2)3/h4-7H2,1-3H3,(H,12,15,16). The maximum Gasteiger partial charge on any atom is 0.246 e. The lowest BCUT2D eigenvalue weighted by Crippen LogP contribution is -2.64. The Labute approximate surface area is 95.2 Å². The van der Waals surface area contributed by atoms with Crippen LogP contribution in [0.3, 0.4) is 0 Å². The van der Waals surface area contributed by atoms with Crippen molar-refractivity contribution in [3.63, 3.8) is 0 Å². The number of nitrogens with zero attached hydrogens (tertiary/aromatic N) is 1. The number of Topliss-reactive ketones (excluding diaryl/α,β-unsaturated/α-hetero) is 1. The third-order valence-electron chi connectivity index (χ3n) is 2.89. The van der Waals surface area contributed by atoms with Gasteiger partial charge in [0, 0.05) is 13.0 Å². The van der Waals surface area contributed by atoms with Gasteiger partial charge in [0.2, 0.25) is 11.8 Å². The minimum atomic E-state index is -0.676. The second-order valence-electron chi connectivity index (χ2n) is 4.66. The highest BCUT2D eigenvalue weighted by molar-refractivity contribution is 6.02. The zero-order valence-electron chi connectivity index (χ0n) is 10.0. The maximum atomic E-state index is 11.6. The molecule has 0 atom stereocenters. The van der Waals surface area contributed by atoms with E-state index in [1.165, 1.54) is 0 Å². The summed E-state index contributed by atoms with van der Waals surface area (Å²) in [5, 5.41) is 2.31. The van der Waals surface area contributed by atoms with Crippen molar-refractivity contribution >= 4 is 17.6 Å². The molecule has 0 unspecified atom stereocenters. The van der Waals surface area contributed by atoms with E-state index in [-0.39, 0.29) is 24.1 Å². The Morgan fingerprint density at radius 1 is 1.44 bits per heavy atom. The number of rotatable bonds is 4. The molecular formula is C11H18N2O3. The van der Waals surface area contributed by atoms with E-state index in [0.717, 1.165) is 0 Å². The molecule has 0 aromatic heterocycles. The van der Waals surface area contributed by atoms with E-state index < -0.39 is 5.54 Å². The predicted molar refractivity (Wildman–Crippen MR) is 58.7 cm³/mol. The monoisotopic (exact) mass is 226 g/mol. The highest BCUT2D eigenvalue weighted by atomic mass is 16.2. The fourth-order valence-electron chi connectivity index (χ4n) is 1.71. The minimum absolute atomic E-state index is 0.130. The number of hydrogen-bond donors (Lipinski definition) is 1. The molecule has 0 aromatic rings. The van der Waals surface area contributed by atoms with Crippen molar-refractivity contribution in [3.8, 4) is 0 Å². The van der Waals surface area contributed by atoms with Gasteiger partial charge in [-0.2, -0.15) is 0 Å². The summed E-state index contributed by atoms with van der Waals surface area (Å²) in [4.78, 5) is 35.4. The molecule has 0 aromatic carbocycles. The van der Waals surface area contributed by atoms with Gasteiger partial charge in [-0.15, -0.1) is 0 Å². The summed E-state index contributed by atoms with van der Waals surface area (Å²) in [6.45, 7) is 5.91. The topological polar surface area (TPSA) is 66.5 Å². The van der Waals surface area contributed by atoms with Crippen LogP contribution in [0.4, 0.5) is 0 Å². The van der Waals surface area contributed by atoms with Gasteiger partial charge in [0.05, 0.1) is 12.1 Å². The summed E-state index contributed by atoms with van der Waals surface area (Å²) in [6.07, 6.45) is 1.17. The van der Waals surface area contributed by atoms with Gasteiger partial charge < -0.3 is 4.79 Å². The average molecular weight is 226 g/mol. The van der Waals surface area contributed by atoms with Crippen molar-refractivity contribution in [1.29, 1.82) is 0 Å². The molecule has 5 nitrogen and oxygen atoms in total. The van der Waals surface area contributed by atoms with E-state index in [1.54, 1.807) is 20.8 Å². The highest BCUT2D eigenvalue weighted by Gasteiger charge is 2.40. The molecule has 1 aliphatic heterocycles. The highest BCUT2D eigenvalue weighted by Crippen LogP contribution is 2.18. The van der Waals surface area contributed by atoms with E-state index in [4.69, 9.17) is 0 Å². The lowest BCUT2D eigenvalue weighted by Gasteiger charge is -2.40. The fourth-order valence-corrected chi connectivity index (χ4v) is 1.71. The molecule has 90 valence electrons. The number of amides is 2. The fraction of sp³-hybridized carbons (Fsp3) is 0.727. The molecule has 5 heteroatoms. The first-order valence-corrected chi connectivity index (χ1v) is 5.43. The molecule has 1 N–H and O–H groups in total. The van der Waals surface area contributed by atoms with Crippen LogP contribution in [0.15, 0.2) is 0 Å². The Bertz CT molecular complexity index is 323. The molecule has 1 saturated heterocycles. The van der Waals surface area contributed by atoms with Gasteiger partial charge in [0.15, 0.2) is 0 Å². The first-order valence-electron chi connectivity index (χ1n) is 5.43. The first kappa shape index (κ1) is 12.8. The Morgan fingerprint density at radius 2 is 2.06 bits per heavy atom. The van der Waals surface area contributed by atoms with Crippen molar-refractivity contribution in [1.82, 2.24) is 10.2 Å². The van der Waals surface area contributed by atoms with Crippen LogP contribution in [-0.2, 0) is 14.4 Å². The number of hydrogen-bond acceptors (Lipinski definition) is 4. The minimum Gasteiger partial charge on any atom is -0.300 e. The van der Waals surface area contributed by atoms with Gasteiger partial charge in [-0.25, -0.2) is 0 Å².